The van der Waals surface area contributed by atoms with E-state index in [0.717, 1.165) is 64.2 Å². The van der Waals surface area contributed by atoms with Gasteiger partial charge in [-0.25, -0.2) is 0 Å². The number of carbonyl (C=O) groups excluding carboxylic acids is 2. The van der Waals surface area contributed by atoms with Crippen molar-refractivity contribution in [2.45, 2.75) is 168 Å². The second-order valence-electron chi connectivity index (χ2n) is 14.9. The largest absolute Gasteiger partial charge is 0.465 e. The molecule has 4 nitrogen and oxygen atoms in total. The number of benzene rings is 2. The lowest BCUT2D eigenvalue weighted by molar-refractivity contribution is -0.149. The molecule has 0 saturated heterocycles. The molecule has 0 radical (unpaired) electrons. The molecular formula is C43H70O4Si. The molecule has 0 aromatic heterocycles. The molecule has 2 aromatic carbocycles. The number of carbonyl (C=O) groups is 2. The van der Waals surface area contributed by atoms with Crippen LogP contribution >= 0.6 is 0 Å². The van der Waals surface area contributed by atoms with Crippen LogP contribution in [0.25, 0.3) is 0 Å². The van der Waals surface area contributed by atoms with Crippen molar-refractivity contribution in [2.75, 3.05) is 13.2 Å². The average Bonchev–Trinajstić information content (AvgIpc) is 3.08. The molecule has 5 heteroatoms. The molecule has 0 fully saturated rings. The molecular weight excluding hydrogens is 609 g/mol. The fraction of sp³-hybridized carbons (Fsp3) is 0.674. The van der Waals surface area contributed by atoms with Gasteiger partial charge in [-0.3, -0.25) is 9.59 Å². The summed E-state index contributed by atoms with van der Waals surface area (Å²) in [6.45, 7) is 12.6. The highest BCUT2D eigenvalue weighted by Gasteiger charge is 2.49. The minimum atomic E-state index is -2.49. The van der Waals surface area contributed by atoms with Crippen molar-refractivity contribution >= 4 is 30.4 Å². The van der Waals surface area contributed by atoms with Gasteiger partial charge >= 0.3 is 5.97 Å². The molecule has 48 heavy (non-hydrogen) atoms. The fourth-order valence-corrected chi connectivity index (χ4v) is 11.6. The molecule has 0 saturated carbocycles. The van der Waals surface area contributed by atoms with Gasteiger partial charge in [-0.1, -0.05) is 166 Å². The van der Waals surface area contributed by atoms with Gasteiger partial charge in [-0.15, -0.1) is 0 Å². The lowest BCUT2D eigenvalue weighted by Gasteiger charge is -2.43. The summed E-state index contributed by atoms with van der Waals surface area (Å²) in [5, 5.41) is 2.60. The quantitative estimate of drug-likeness (QED) is 0.0511. The van der Waals surface area contributed by atoms with E-state index in [1.54, 1.807) is 0 Å². The number of rotatable bonds is 28. The number of esters is 1. The van der Waals surface area contributed by atoms with Gasteiger partial charge < -0.3 is 9.16 Å². The van der Waals surface area contributed by atoms with Crippen LogP contribution in [0.3, 0.4) is 0 Å². The van der Waals surface area contributed by atoms with Gasteiger partial charge in [0, 0.05) is 19.4 Å². The Morgan fingerprint density at radius 1 is 0.583 bits per heavy atom. The molecule has 270 valence electrons. The number of unbranched alkanes of at least 4 members (excludes halogenated alkanes) is 12. The number of ketones is 1. The lowest BCUT2D eigenvalue weighted by atomic mass is 9.94. The van der Waals surface area contributed by atoms with Gasteiger partial charge in [0.2, 0.25) is 0 Å². The molecule has 0 spiro atoms. The van der Waals surface area contributed by atoms with E-state index in [1.165, 1.54) is 61.7 Å². The van der Waals surface area contributed by atoms with E-state index < -0.39 is 8.32 Å². The Balaban J connectivity index is 1.66. The maximum absolute atomic E-state index is 12.9. The molecule has 0 heterocycles. The molecule has 2 rings (SSSR count). The Morgan fingerprint density at radius 2 is 1.02 bits per heavy atom. The van der Waals surface area contributed by atoms with E-state index in [0.29, 0.717) is 31.8 Å². The van der Waals surface area contributed by atoms with Crippen molar-refractivity contribution in [1.29, 1.82) is 0 Å². The zero-order chi connectivity index (χ0) is 34.9. The van der Waals surface area contributed by atoms with Crippen LogP contribution in [-0.4, -0.2) is 33.3 Å². The number of Topliss-reactive ketones (excluding diaryl/α,β-unsaturated/α-hetero) is 1. The first-order valence-corrected chi connectivity index (χ1v) is 21.6. The molecule has 2 aromatic rings. The minimum Gasteiger partial charge on any atom is -0.465 e. The third-order valence-corrected chi connectivity index (χ3v) is 14.9. The first kappa shape index (κ1) is 41.9. The van der Waals surface area contributed by atoms with E-state index in [2.05, 4.69) is 95.3 Å². The Morgan fingerprint density at radius 3 is 1.52 bits per heavy atom. The van der Waals surface area contributed by atoms with Crippen LogP contribution in [-0.2, 0) is 18.8 Å². The highest BCUT2D eigenvalue weighted by atomic mass is 28.4. The van der Waals surface area contributed by atoms with Crippen molar-refractivity contribution in [3.05, 3.63) is 60.7 Å². The summed E-state index contributed by atoms with van der Waals surface area (Å²) < 4.78 is 12.7. The monoisotopic (exact) mass is 679 g/mol. The Kier molecular flexibility index (Phi) is 21.7. The van der Waals surface area contributed by atoms with E-state index >= 15 is 0 Å². The summed E-state index contributed by atoms with van der Waals surface area (Å²) in [5.74, 6) is 0.421. The average molecular weight is 679 g/mol. The first-order valence-electron chi connectivity index (χ1n) is 19.7. The van der Waals surface area contributed by atoms with Gasteiger partial charge in [-0.05, 0) is 60.4 Å². The van der Waals surface area contributed by atoms with Crippen LogP contribution in [0.1, 0.15) is 163 Å². The molecule has 1 unspecified atom stereocenters. The van der Waals surface area contributed by atoms with E-state index in [4.69, 9.17) is 9.16 Å². The Bertz CT molecular complexity index is 1060. The van der Waals surface area contributed by atoms with Crippen molar-refractivity contribution in [3.63, 3.8) is 0 Å². The second-order valence-corrected chi connectivity index (χ2v) is 19.2. The zero-order valence-corrected chi connectivity index (χ0v) is 32.5. The normalized spacial score (nSPS) is 12.6. The maximum atomic E-state index is 12.9. The maximum Gasteiger partial charge on any atom is 0.308 e. The molecule has 0 bridgehead atoms. The lowest BCUT2D eigenvalue weighted by Crippen LogP contribution is -2.66. The summed E-state index contributed by atoms with van der Waals surface area (Å²) in [6.07, 6.45) is 21.1. The predicted molar refractivity (Wildman–Crippen MR) is 207 cm³/mol. The SMILES string of the molecule is CCCCCCCCC(CCCCCC)C(=O)OCCCCCC(=O)CCCCCO[Si](c1ccccc1)(c1ccccc1)C(C)(C)C. The Hall–Kier alpha value is -2.24. The van der Waals surface area contributed by atoms with Crippen LogP contribution in [0.2, 0.25) is 5.04 Å². The number of hydrogen-bond acceptors (Lipinski definition) is 4. The van der Waals surface area contributed by atoms with Crippen LogP contribution < -0.4 is 10.4 Å². The topological polar surface area (TPSA) is 52.6 Å². The van der Waals surface area contributed by atoms with Crippen molar-refractivity contribution in [3.8, 4) is 0 Å². The van der Waals surface area contributed by atoms with Crippen LogP contribution in [0.5, 0.6) is 0 Å². The standard InChI is InChI=1S/C43H70O4Si/c1-6-8-10-12-13-19-29-38(28-18-11-9-7-2)42(45)46-36-26-16-20-30-39(44)31-21-17-27-37-47-48(43(3,4)5,40-32-22-14-23-33-40)41-34-24-15-25-35-41/h14-15,22-25,32-35,38H,6-13,16-21,26-31,36-37H2,1-5H3. The second kappa shape index (κ2) is 24.8. The highest BCUT2D eigenvalue weighted by molar-refractivity contribution is 6.99. The number of hydrogen-bond donors (Lipinski definition) is 0. The predicted octanol–water partition coefficient (Wildman–Crippen LogP) is 11.1. The van der Waals surface area contributed by atoms with E-state index in [9.17, 15) is 9.59 Å². The zero-order valence-electron chi connectivity index (χ0n) is 31.5. The van der Waals surface area contributed by atoms with Gasteiger partial charge in [0.1, 0.15) is 5.78 Å². The summed E-state index contributed by atoms with van der Waals surface area (Å²) in [5.41, 5.74) is 0. The van der Waals surface area contributed by atoms with Gasteiger partial charge in [0.25, 0.3) is 8.32 Å². The van der Waals surface area contributed by atoms with Gasteiger partial charge in [0.15, 0.2) is 0 Å². The fourth-order valence-electron chi connectivity index (χ4n) is 6.97. The molecule has 1 atom stereocenters. The van der Waals surface area contributed by atoms with E-state index in [1.807, 2.05) is 0 Å². The molecule has 0 N–H and O–H groups in total. The van der Waals surface area contributed by atoms with Crippen molar-refractivity contribution in [2.24, 2.45) is 5.92 Å². The highest BCUT2D eigenvalue weighted by Crippen LogP contribution is 2.37. The summed E-state index contributed by atoms with van der Waals surface area (Å²) in [7, 11) is -2.49. The third-order valence-electron chi connectivity index (χ3n) is 9.83. The molecule has 0 aliphatic rings. The van der Waals surface area contributed by atoms with Crippen LogP contribution in [0, 0.1) is 5.92 Å². The number of ether oxygens (including phenoxy) is 1. The molecule has 0 aliphatic carbocycles. The van der Waals surface area contributed by atoms with Crippen molar-refractivity contribution < 1.29 is 18.8 Å². The van der Waals surface area contributed by atoms with E-state index in [-0.39, 0.29) is 16.9 Å². The van der Waals surface area contributed by atoms with Crippen LogP contribution in [0.15, 0.2) is 60.7 Å². The third kappa shape index (κ3) is 15.5. The van der Waals surface area contributed by atoms with Gasteiger partial charge in [0.05, 0.1) is 12.5 Å². The smallest absolute Gasteiger partial charge is 0.308 e. The molecule has 0 aliphatic heterocycles. The van der Waals surface area contributed by atoms with Crippen molar-refractivity contribution in [1.82, 2.24) is 0 Å². The van der Waals surface area contributed by atoms with Crippen LogP contribution in [0.4, 0.5) is 0 Å². The first-order chi connectivity index (χ1) is 23.3. The summed E-state index contributed by atoms with van der Waals surface area (Å²) in [4.78, 5) is 25.5. The molecule has 0 amide bonds. The summed E-state index contributed by atoms with van der Waals surface area (Å²) in [6, 6.07) is 21.6. The van der Waals surface area contributed by atoms with Gasteiger partial charge in [-0.2, -0.15) is 0 Å². The minimum absolute atomic E-state index is 0.00931. The Labute approximate surface area is 296 Å². The summed E-state index contributed by atoms with van der Waals surface area (Å²) >= 11 is 0.